The molecule has 0 amide bonds. The molecule has 0 aliphatic carbocycles. The fourth-order valence-electron chi connectivity index (χ4n) is 1.43. The Morgan fingerprint density at radius 1 is 1.35 bits per heavy atom. The summed E-state index contributed by atoms with van der Waals surface area (Å²) in [6, 6.07) is 5.60. The van der Waals surface area contributed by atoms with Gasteiger partial charge in [0, 0.05) is 23.2 Å². The van der Waals surface area contributed by atoms with Gasteiger partial charge in [-0.25, -0.2) is 4.98 Å². The minimum absolute atomic E-state index is 0.563. The molecule has 17 heavy (non-hydrogen) atoms. The van der Waals surface area contributed by atoms with Crippen LogP contribution in [-0.2, 0) is 6.54 Å². The van der Waals surface area contributed by atoms with Crippen LogP contribution in [0.25, 0.3) is 10.6 Å². The Balaban J connectivity index is 2.27. The van der Waals surface area contributed by atoms with Crippen molar-refractivity contribution in [3.63, 3.8) is 0 Å². The Bertz CT molecular complexity index is 511. The van der Waals surface area contributed by atoms with Crippen LogP contribution in [0.4, 0.5) is 0 Å². The maximum atomic E-state index is 6.16. The Hall–Kier alpha value is -0.610. The molecule has 0 saturated carbocycles. The smallest absolute Gasteiger partial charge is 0.125 e. The van der Waals surface area contributed by atoms with E-state index in [1.54, 1.807) is 17.4 Å². The molecule has 2 rings (SSSR count). The summed E-state index contributed by atoms with van der Waals surface area (Å²) in [5, 5.41) is 5.31. The van der Waals surface area contributed by atoms with Crippen LogP contribution in [-0.4, -0.2) is 11.5 Å². The number of benzene rings is 1. The minimum atomic E-state index is 0.563. The van der Waals surface area contributed by atoms with Gasteiger partial charge in [0.05, 0.1) is 10.0 Å². The topological polar surface area (TPSA) is 24.9 Å². The molecule has 0 aliphatic heterocycles. The molecule has 5 heteroatoms. The van der Waals surface area contributed by atoms with Gasteiger partial charge in [0.1, 0.15) is 5.01 Å². The number of nitrogens with one attached hydrogen (secondary N) is 1. The van der Waals surface area contributed by atoms with Gasteiger partial charge in [-0.1, -0.05) is 42.3 Å². The molecule has 0 atom stereocenters. The molecule has 0 fully saturated rings. The van der Waals surface area contributed by atoms with E-state index in [9.17, 15) is 0 Å². The first-order chi connectivity index (χ1) is 8.22. The van der Waals surface area contributed by atoms with E-state index in [0.717, 1.165) is 23.7 Å². The Morgan fingerprint density at radius 2 is 2.18 bits per heavy atom. The third kappa shape index (κ3) is 2.99. The summed E-state index contributed by atoms with van der Waals surface area (Å²) in [5.74, 6) is 0. The predicted molar refractivity (Wildman–Crippen MR) is 75.0 cm³/mol. The van der Waals surface area contributed by atoms with Crippen LogP contribution >= 0.6 is 34.5 Å². The van der Waals surface area contributed by atoms with Crippen molar-refractivity contribution in [2.75, 3.05) is 6.54 Å². The summed E-state index contributed by atoms with van der Waals surface area (Å²) >= 11 is 13.8. The normalized spacial score (nSPS) is 10.8. The van der Waals surface area contributed by atoms with E-state index in [0.29, 0.717) is 10.0 Å². The summed E-state index contributed by atoms with van der Waals surface area (Å²) in [6.07, 6.45) is 1.87. The van der Waals surface area contributed by atoms with Gasteiger partial charge in [0.15, 0.2) is 0 Å². The van der Waals surface area contributed by atoms with Crippen LogP contribution in [0, 0.1) is 0 Å². The van der Waals surface area contributed by atoms with E-state index in [4.69, 9.17) is 23.2 Å². The van der Waals surface area contributed by atoms with Crippen molar-refractivity contribution in [2.24, 2.45) is 0 Å². The zero-order valence-corrected chi connectivity index (χ0v) is 11.7. The van der Waals surface area contributed by atoms with Crippen LogP contribution in [0.15, 0.2) is 24.4 Å². The second kappa shape index (κ2) is 5.83. The van der Waals surface area contributed by atoms with Crippen molar-refractivity contribution >= 4 is 34.5 Å². The van der Waals surface area contributed by atoms with Gasteiger partial charge in [-0.3, -0.25) is 0 Å². The van der Waals surface area contributed by atoms with Gasteiger partial charge in [-0.15, -0.1) is 11.3 Å². The first kappa shape index (κ1) is 12.8. The highest BCUT2D eigenvalue weighted by Crippen LogP contribution is 2.35. The van der Waals surface area contributed by atoms with Crippen molar-refractivity contribution in [2.45, 2.75) is 13.5 Å². The molecule has 0 bridgehead atoms. The quantitative estimate of drug-likeness (QED) is 0.910. The van der Waals surface area contributed by atoms with Crippen molar-refractivity contribution < 1.29 is 0 Å². The average molecular weight is 287 g/mol. The van der Waals surface area contributed by atoms with Gasteiger partial charge < -0.3 is 5.32 Å². The van der Waals surface area contributed by atoms with Crippen LogP contribution in [0.3, 0.4) is 0 Å². The molecule has 0 saturated heterocycles. The fourth-order valence-corrected chi connectivity index (χ4v) is 2.79. The number of aromatic nitrogens is 1. The molecule has 0 spiro atoms. The van der Waals surface area contributed by atoms with Crippen LogP contribution in [0.1, 0.15) is 11.8 Å². The number of nitrogens with zero attached hydrogens (tertiary/aromatic N) is 1. The third-order valence-corrected chi connectivity index (χ3v) is 4.13. The summed E-state index contributed by atoms with van der Waals surface area (Å²) < 4.78 is 0. The summed E-state index contributed by atoms with van der Waals surface area (Å²) in [5.41, 5.74) is 0.895. The highest BCUT2D eigenvalue weighted by atomic mass is 35.5. The van der Waals surface area contributed by atoms with E-state index in [1.807, 2.05) is 18.3 Å². The monoisotopic (exact) mass is 286 g/mol. The second-order valence-corrected chi connectivity index (χ2v) is 5.41. The number of rotatable bonds is 4. The highest BCUT2D eigenvalue weighted by molar-refractivity contribution is 7.15. The SMILES string of the molecule is CCNCc1cnc(-c2cccc(Cl)c2Cl)s1. The number of hydrogen-bond donors (Lipinski definition) is 1. The first-order valence-electron chi connectivity index (χ1n) is 5.32. The summed E-state index contributed by atoms with van der Waals surface area (Å²) in [6.45, 7) is 3.87. The van der Waals surface area contributed by atoms with Crippen molar-refractivity contribution in [1.82, 2.24) is 10.3 Å². The van der Waals surface area contributed by atoms with E-state index < -0.39 is 0 Å². The van der Waals surface area contributed by atoms with E-state index in [1.165, 1.54) is 4.88 Å². The Labute approximate surface area is 115 Å². The van der Waals surface area contributed by atoms with Crippen molar-refractivity contribution in [1.29, 1.82) is 0 Å². The maximum absolute atomic E-state index is 6.16. The molecule has 0 unspecified atom stereocenters. The molecule has 1 aromatic heterocycles. The molecule has 2 aromatic rings. The molecule has 1 heterocycles. The van der Waals surface area contributed by atoms with Crippen molar-refractivity contribution in [3.05, 3.63) is 39.3 Å². The van der Waals surface area contributed by atoms with Gasteiger partial charge in [-0.2, -0.15) is 0 Å². The number of hydrogen-bond acceptors (Lipinski definition) is 3. The van der Waals surface area contributed by atoms with Crippen LogP contribution in [0.5, 0.6) is 0 Å². The van der Waals surface area contributed by atoms with Gasteiger partial charge in [0.25, 0.3) is 0 Å². The zero-order chi connectivity index (χ0) is 12.3. The molecular weight excluding hydrogens is 275 g/mol. The molecular formula is C12H12Cl2N2S. The van der Waals surface area contributed by atoms with Crippen LogP contribution in [0.2, 0.25) is 10.0 Å². The highest BCUT2D eigenvalue weighted by Gasteiger charge is 2.10. The lowest BCUT2D eigenvalue weighted by atomic mass is 10.2. The first-order valence-corrected chi connectivity index (χ1v) is 6.89. The lowest BCUT2D eigenvalue weighted by molar-refractivity contribution is 0.734. The fraction of sp³-hybridized carbons (Fsp3) is 0.250. The molecule has 1 aromatic carbocycles. The zero-order valence-electron chi connectivity index (χ0n) is 9.34. The number of thiazole rings is 1. The molecule has 0 aliphatic rings. The van der Waals surface area contributed by atoms with Crippen molar-refractivity contribution in [3.8, 4) is 10.6 Å². The van der Waals surface area contributed by atoms with E-state index in [-0.39, 0.29) is 0 Å². The summed E-state index contributed by atoms with van der Waals surface area (Å²) in [4.78, 5) is 5.57. The van der Waals surface area contributed by atoms with Gasteiger partial charge in [0.2, 0.25) is 0 Å². The van der Waals surface area contributed by atoms with Gasteiger partial charge >= 0.3 is 0 Å². The molecule has 1 N–H and O–H groups in total. The Morgan fingerprint density at radius 3 is 2.94 bits per heavy atom. The maximum Gasteiger partial charge on any atom is 0.125 e. The van der Waals surface area contributed by atoms with Gasteiger partial charge in [-0.05, 0) is 12.6 Å². The third-order valence-electron chi connectivity index (χ3n) is 2.28. The standard InChI is InChI=1S/C12H12Cl2N2S/c1-2-15-6-8-7-16-12(17-8)9-4-3-5-10(13)11(9)14/h3-5,7,15H,2,6H2,1H3. The average Bonchev–Trinajstić information content (AvgIpc) is 2.78. The van der Waals surface area contributed by atoms with E-state index in [2.05, 4.69) is 17.2 Å². The molecule has 0 radical (unpaired) electrons. The predicted octanol–water partition coefficient (Wildman–Crippen LogP) is 4.23. The van der Waals surface area contributed by atoms with E-state index >= 15 is 0 Å². The molecule has 2 nitrogen and oxygen atoms in total. The Kier molecular flexibility index (Phi) is 4.40. The second-order valence-electron chi connectivity index (χ2n) is 3.51. The lowest BCUT2D eigenvalue weighted by Gasteiger charge is -2.01. The summed E-state index contributed by atoms with van der Waals surface area (Å²) in [7, 11) is 0. The molecule has 90 valence electrons. The lowest BCUT2D eigenvalue weighted by Crippen LogP contribution is -2.10. The largest absolute Gasteiger partial charge is 0.312 e. The van der Waals surface area contributed by atoms with Crippen LogP contribution < -0.4 is 5.32 Å². The number of halogens is 2. The minimum Gasteiger partial charge on any atom is -0.312 e.